The predicted molar refractivity (Wildman–Crippen MR) is 63.2 cm³/mol. The van der Waals surface area contributed by atoms with E-state index in [4.69, 9.17) is 17.3 Å². The fraction of sp³-hybridized carbons (Fsp3) is 0.545. The van der Waals surface area contributed by atoms with Gasteiger partial charge < -0.3 is 10.6 Å². The summed E-state index contributed by atoms with van der Waals surface area (Å²) in [5, 5.41) is 0.656. The van der Waals surface area contributed by atoms with Gasteiger partial charge in [-0.05, 0) is 31.4 Å². The highest BCUT2D eigenvalue weighted by Gasteiger charge is 2.23. The van der Waals surface area contributed by atoms with Crippen molar-refractivity contribution in [3.63, 3.8) is 0 Å². The van der Waals surface area contributed by atoms with Gasteiger partial charge in [0.05, 0.1) is 10.7 Å². The van der Waals surface area contributed by atoms with E-state index in [1.165, 1.54) is 19.3 Å². The maximum Gasteiger partial charge on any atom is 0.128 e. The van der Waals surface area contributed by atoms with E-state index < -0.39 is 0 Å². The number of anilines is 1. The fourth-order valence-corrected chi connectivity index (χ4v) is 1.96. The van der Waals surface area contributed by atoms with Crippen LogP contribution in [0.4, 0.5) is 5.82 Å². The van der Waals surface area contributed by atoms with Crippen molar-refractivity contribution in [2.45, 2.75) is 31.8 Å². The van der Waals surface area contributed by atoms with Gasteiger partial charge in [-0.15, -0.1) is 0 Å². The molecule has 0 spiro atoms. The lowest BCUT2D eigenvalue weighted by atomic mass is 9.92. The summed E-state index contributed by atoms with van der Waals surface area (Å²) in [6.07, 6.45) is 3.85. The minimum absolute atomic E-state index is 0.394. The predicted octanol–water partition coefficient (Wildman–Crippen LogP) is 2.18. The van der Waals surface area contributed by atoms with Gasteiger partial charge in [0.15, 0.2) is 0 Å². The minimum atomic E-state index is 0.394. The highest BCUT2D eigenvalue weighted by atomic mass is 35.5. The quantitative estimate of drug-likeness (QED) is 0.858. The molecular weight excluding hydrogens is 210 g/mol. The molecule has 0 aliphatic heterocycles. The molecule has 1 aromatic rings. The van der Waals surface area contributed by atoms with Crippen LogP contribution < -0.4 is 10.6 Å². The van der Waals surface area contributed by atoms with Gasteiger partial charge in [-0.25, -0.2) is 4.98 Å². The van der Waals surface area contributed by atoms with E-state index in [-0.39, 0.29) is 0 Å². The zero-order valence-corrected chi connectivity index (χ0v) is 9.67. The summed E-state index contributed by atoms with van der Waals surface area (Å²) in [6.45, 7) is 0.394. The molecule has 0 saturated heterocycles. The fourth-order valence-electron chi connectivity index (χ4n) is 1.77. The number of aromatic nitrogens is 1. The monoisotopic (exact) mass is 225 g/mol. The third-order valence-electron chi connectivity index (χ3n) is 3.08. The third kappa shape index (κ3) is 2.08. The molecule has 1 aromatic heterocycles. The average molecular weight is 226 g/mol. The summed E-state index contributed by atoms with van der Waals surface area (Å²) < 4.78 is 0. The standard InChI is InChI=1S/C11H16ClN3/c1-15(8-3-2-4-8)11-6-5-9(12)10(7-13)14-11/h5-6,8H,2-4,7,13H2,1H3. The SMILES string of the molecule is CN(c1ccc(Cl)c(CN)n1)C1CCC1. The topological polar surface area (TPSA) is 42.1 Å². The first-order chi connectivity index (χ1) is 7.22. The van der Waals surface area contributed by atoms with Crippen LogP contribution >= 0.6 is 11.6 Å². The average Bonchev–Trinajstić information content (AvgIpc) is 2.15. The van der Waals surface area contributed by atoms with Gasteiger partial charge in [0.1, 0.15) is 5.82 Å². The lowest BCUT2D eigenvalue weighted by Crippen LogP contribution is -2.37. The molecule has 82 valence electrons. The molecule has 1 heterocycles. The Bertz CT molecular complexity index is 350. The van der Waals surface area contributed by atoms with Gasteiger partial charge in [-0.2, -0.15) is 0 Å². The molecule has 1 aliphatic rings. The Morgan fingerprint density at radius 2 is 2.27 bits per heavy atom. The van der Waals surface area contributed by atoms with E-state index in [2.05, 4.69) is 16.9 Å². The summed E-state index contributed by atoms with van der Waals surface area (Å²) in [4.78, 5) is 6.68. The molecule has 1 saturated carbocycles. The number of nitrogens with two attached hydrogens (primary N) is 1. The van der Waals surface area contributed by atoms with Crippen LogP contribution in [0.15, 0.2) is 12.1 Å². The highest BCUT2D eigenvalue weighted by molar-refractivity contribution is 6.31. The van der Waals surface area contributed by atoms with Crippen LogP contribution in [0.1, 0.15) is 25.0 Å². The van der Waals surface area contributed by atoms with E-state index in [0.717, 1.165) is 11.5 Å². The molecule has 1 aliphatic carbocycles. The molecule has 4 heteroatoms. The van der Waals surface area contributed by atoms with Crippen LogP contribution in [0.25, 0.3) is 0 Å². The van der Waals surface area contributed by atoms with Crippen molar-refractivity contribution >= 4 is 17.4 Å². The molecule has 0 unspecified atom stereocenters. The van der Waals surface area contributed by atoms with Gasteiger partial charge in [0.25, 0.3) is 0 Å². The zero-order chi connectivity index (χ0) is 10.8. The van der Waals surface area contributed by atoms with E-state index >= 15 is 0 Å². The van der Waals surface area contributed by atoms with Gasteiger partial charge in [0.2, 0.25) is 0 Å². The number of rotatable bonds is 3. The Morgan fingerprint density at radius 3 is 2.80 bits per heavy atom. The summed E-state index contributed by atoms with van der Waals surface area (Å²) in [5.41, 5.74) is 6.35. The van der Waals surface area contributed by atoms with E-state index in [0.29, 0.717) is 17.6 Å². The summed E-state index contributed by atoms with van der Waals surface area (Å²) in [6, 6.07) is 4.48. The van der Waals surface area contributed by atoms with E-state index in [1.807, 2.05) is 12.1 Å². The Balaban J connectivity index is 2.20. The van der Waals surface area contributed by atoms with E-state index in [1.54, 1.807) is 0 Å². The first kappa shape index (κ1) is 10.7. The molecule has 2 rings (SSSR count). The molecule has 0 aromatic carbocycles. The number of pyridine rings is 1. The van der Waals surface area contributed by atoms with Crippen LogP contribution in [0.5, 0.6) is 0 Å². The van der Waals surface area contributed by atoms with Crippen molar-refractivity contribution < 1.29 is 0 Å². The van der Waals surface area contributed by atoms with Gasteiger partial charge in [-0.1, -0.05) is 11.6 Å². The Morgan fingerprint density at radius 1 is 1.53 bits per heavy atom. The molecule has 15 heavy (non-hydrogen) atoms. The van der Waals surface area contributed by atoms with Crippen molar-refractivity contribution in [1.82, 2.24) is 4.98 Å². The highest BCUT2D eigenvalue weighted by Crippen LogP contribution is 2.28. The van der Waals surface area contributed by atoms with Crippen LogP contribution in [-0.2, 0) is 6.54 Å². The zero-order valence-electron chi connectivity index (χ0n) is 8.91. The van der Waals surface area contributed by atoms with Gasteiger partial charge >= 0.3 is 0 Å². The van der Waals surface area contributed by atoms with Crippen LogP contribution in [-0.4, -0.2) is 18.1 Å². The Kier molecular flexibility index (Phi) is 3.12. The maximum atomic E-state index is 5.97. The van der Waals surface area contributed by atoms with Crippen LogP contribution in [0.2, 0.25) is 5.02 Å². The summed E-state index contributed by atoms with van der Waals surface area (Å²) in [5.74, 6) is 0.976. The first-order valence-electron chi connectivity index (χ1n) is 5.30. The van der Waals surface area contributed by atoms with Crippen LogP contribution in [0.3, 0.4) is 0 Å². The largest absolute Gasteiger partial charge is 0.357 e. The van der Waals surface area contributed by atoms with Crippen LogP contribution in [0, 0.1) is 0 Å². The van der Waals surface area contributed by atoms with E-state index in [9.17, 15) is 0 Å². The molecule has 0 atom stereocenters. The summed E-state index contributed by atoms with van der Waals surface area (Å²) >= 11 is 5.97. The molecule has 0 bridgehead atoms. The van der Waals surface area contributed by atoms with Crippen molar-refractivity contribution in [3.8, 4) is 0 Å². The number of hydrogen-bond donors (Lipinski definition) is 1. The van der Waals surface area contributed by atoms with Crippen molar-refractivity contribution in [2.75, 3.05) is 11.9 Å². The first-order valence-corrected chi connectivity index (χ1v) is 5.68. The number of hydrogen-bond acceptors (Lipinski definition) is 3. The summed E-state index contributed by atoms with van der Waals surface area (Å²) in [7, 11) is 2.08. The Hall–Kier alpha value is -0.800. The molecule has 0 amide bonds. The lowest BCUT2D eigenvalue weighted by Gasteiger charge is -2.35. The molecule has 1 fully saturated rings. The second-order valence-corrected chi connectivity index (χ2v) is 4.40. The molecule has 2 N–H and O–H groups in total. The van der Waals surface area contributed by atoms with Gasteiger partial charge in [-0.3, -0.25) is 0 Å². The third-order valence-corrected chi connectivity index (χ3v) is 3.43. The van der Waals surface area contributed by atoms with Crippen molar-refractivity contribution in [1.29, 1.82) is 0 Å². The second kappa shape index (κ2) is 4.37. The second-order valence-electron chi connectivity index (χ2n) is 4.00. The van der Waals surface area contributed by atoms with Gasteiger partial charge in [0, 0.05) is 19.6 Å². The lowest BCUT2D eigenvalue weighted by molar-refractivity contribution is 0.399. The number of nitrogens with zero attached hydrogens (tertiary/aromatic N) is 2. The minimum Gasteiger partial charge on any atom is -0.357 e. The Labute approximate surface area is 95.2 Å². The maximum absolute atomic E-state index is 5.97. The molecular formula is C11H16ClN3. The van der Waals surface area contributed by atoms with Crippen molar-refractivity contribution in [3.05, 3.63) is 22.8 Å². The molecule has 3 nitrogen and oxygen atoms in total. The normalized spacial score (nSPS) is 16.2. The van der Waals surface area contributed by atoms with Crippen molar-refractivity contribution in [2.24, 2.45) is 5.73 Å². The smallest absolute Gasteiger partial charge is 0.128 e. The molecule has 0 radical (unpaired) electrons. The number of halogens is 1.